The van der Waals surface area contributed by atoms with Crippen molar-refractivity contribution in [2.45, 2.75) is 19.3 Å². The number of amides is 2. The van der Waals surface area contributed by atoms with Crippen LogP contribution in [-0.2, 0) is 19.3 Å². The maximum atomic E-state index is 14.0. The molecule has 4 rings (SSSR count). The molecule has 0 aliphatic rings. The fraction of sp³-hybridized carbons (Fsp3) is 0.269. The van der Waals surface area contributed by atoms with Crippen LogP contribution >= 0.6 is 0 Å². The van der Waals surface area contributed by atoms with Gasteiger partial charge in [0.1, 0.15) is 12.1 Å². The van der Waals surface area contributed by atoms with Gasteiger partial charge in [0.05, 0.1) is 36.6 Å². The number of hydrogen-bond donors (Lipinski definition) is 6. The summed E-state index contributed by atoms with van der Waals surface area (Å²) in [6, 6.07) is 6.99. The minimum Gasteiger partial charge on any atom is -0.395 e. The number of nitrogens with one attached hydrogen (secondary N) is 2. The second-order valence-corrected chi connectivity index (χ2v) is 8.97. The maximum absolute atomic E-state index is 14.0. The van der Waals surface area contributed by atoms with Gasteiger partial charge in [0.25, 0.3) is 0 Å². The standard InChI is InChI=1S/C26H27F4N7O4/c27-19-6-3-16(26(28,29)30)11-20(19)34-25(41)33-17-4-1-15(2-5-17)22-18(13-40)21(12-36(7-9-38)8-10-39)37-14-32-35-24(31)23(22)37/h1-6,11,14,38-40H,7-10,12-13H2,(H2,31,35)(H2,33,34,41). The van der Waals surface area contributed by atoms with E-state index in [4.69, 9.17) is 5.73 Å². The number of nitrogens with zero attached hydrogens (tertiary/aromatic N) is 4. The molecule has 0 aliphatic heterocycles. The van der Waals surface area contributed by atoms with Crippen LogP contribution in [0.5, 0.6) is 0 Å². The van der Waals surface area contributed by atoms with Crippen molar-refractivity contribution in [2.75, 3.05) is 42.7 Å². The van der Waals surface area contributed by atoms with Gasteiger partial charge in [-0.05, 0) is 35.9 Å². The van der Waals surface area contributed by atoms with Crippen LogP contribution in [0.2, 0.25) is 0 Å². The summed E-state index contributed by atoms with van der Waals surface area (Å²) in [6.07, 6.45) is -3.27. The van der Waals surface area contributed by atoms with Crippen LogP contribution in [0.4, 0.5) is 39.5 Å². The molecule has 15 heteroatoms. The SMILES string of the molecule is Nc1nncn2c(CN(CCO)CCO)c(CO)c(-c3ccc(NC(=O)Nc4cc(C(F)(F)F)ccc4F)cc3)c12. The monoisotopic (exact) mass is 577 g/mol. The van der Waals surface area contributed by atoms with E-state index in [9.17, 15) is 37.7 Å². The molecule has 0 saturated heterocycles. The predicted molar refractivity (Wildman–Crippen MR) is 142 cm³/mol. The number of alkyl halides is 3. The van der Waals surface area contributed by atoms with Crippen LogP contribution in [0.15, 0.2) is 48.8 Å². The molecule has 2 aromatic heterocycles. The van der Waals surface area contributed by atoms with Crippen molar-refractivity contribution >= 4 is 28.7 Å². The Kier molecular flexibility index (Phi) is 9.02. The Morgan fingerprint density at radius 2 is 1.71 bits per heavy atom. The van der Waals surface area contributed by atoms with Crippen molar-refractivity contribution in [3.63, 3.8) is 0 Å². The third-order valence-electron chi connectivity index (χ3n) is 6.33. The van der Waals surface area contributed by atoms with Gasteiger partial charge >= 0.3 is 12.2 Å². The summed E-state index contributed by atoms with van der Waals surface area (Å²) in [5.74, 6) is -0.947. The lowest BCUT2D eigenvalue weighted by Crippen LogP contribution is -2.30. The van der Waals surface area contributed by atoms with Gasteiger partial charge in [0, 0.05) is 42.1 Å². The highest BCUT2D eigenvalue weighted by atomic mass is 19.4. The van der Waals surface area contributed by atoms with Gasteiger partial charge in [-0.25, -0.2) is 9.18 Å². The number of aliphatic hydroxyl groups excluding tert-OH is 3. The van der Waals surface area contributed by atoms with E-state index >= 15 is 0 Å². The number of hydrogen-bond acceptors (Lipinski definition) is 8. The lowest BCUT2D eigenvalue weighted by molar-refractivity contribution is -0.137. The van der Waals surface area contributed by atoms with Crippen molar-refractivity contribution < 1.29 is 37.7 Å². The molecular formula is C26H27F4N7O4. The molecular weight excluding hydrogens is 550 g/mol. The van der Waals surface area contributed by atoms with E-state index in [1.165, 1.54) is 18.5 Å². The fourth-order valence-corrected chi connectivity index (χ4v) is 4.47. The van der Waals surface area contributed by atoms with Gasteiger partial charge in [-0.2, -0.15) is 13.2 Å². The summed E-state index contributed by atoms with van der Waals surface area (Å²) in [6.45, 7) is 0.117. The molecule has 218 valence electrons. The lowest BCUT2D eigenvalue weighted by atomic mass is 10.0. The molecule has 0 fully saturated rings. The highest BCUT2D eigenvalue weighted by molar-refractivity contribution is 6.00. The third-order valence-corrected chi connectivity index (χ3v) is 6.33. The molecule has 0 unspecified atom stereocenters. The van der Waals surface area contributed by atoms with E-state index in [0.717, 1.165) is 0 Å². The Balaban J connectivity index is 1.62. The highest BCUT2D eigenvalue weighted by Crippen LogP contribution is 2.37. The van der Waals surface area contributed by atoms with Crippen molar-refractivity contribution in [3.8, 4) is 11.1 Å². The molecule has 2 amide bonds. The number of carbonyl (C=O) groups is 1. The molecule has 2 aromatic carbocycles. The van der Waals surface area contributed by atoms with E-state index in [2.05, 4.69) is 20.8 Å². The Bertz CT molecular complexity index is 1520. The molecule has 41 heavy (non-hydrogen) atoms. The van der Waals surface area contributed by atoms with Crippen LogP contribution in [0.3, 0.4) is 0 Å². The van der Waals surface area contributed by atoms with Crippen LogP contribution in [0, 0.1) is 5.82 Å². The molecule has 2 heterocycles. The fourth-order valence-electron chi connectivity index (χ4n) is 4.47. The minimum atomic E-state index is -4.71. The molecule has 11 nitrogen and oxygen atoms in total. The van der Waals surface area contributed by atoms with Gasteiger partial charge in [0.15, 0.2) is 5.82 Å². The number of urea groups is 1. The highest BCUT2D eigenvalue weighted by Gasteiger charge is 2.31. The Morgan fingerprint density at radius 3 is 2.32 bits per heavy atom. The Labute approximate surface area is 230 Å². The number of rotatable bonds is 10. The minimum absolute atomic E-state index is 0.0870. The summed E-state index contributed by atoms with van der Waals surface area (Å²) >= 11 is 0. The zero-order valence-corrected chi connectivity index (χ0v) is 21.5. The Morgan fingerprint density at radius 1 is 1.02 bits per heavy atom. The number of aliphatic hydroxyl groups is 3. The Hall–Kier alpha value is -4.31. The normalized spacial score (nSPS) is 11.8. The average molecular weight is 578 g/mol. The molecule has 0 aliphatic carbocycles. The predicted octanol–water partition coefficient (Wildman–Crippen LogP) is 3.06. The van der Waals surface area contributed by atoms with Crippen molar-refractivity contribution in [1.82, 2.24) is 19.5 Å². The van der Waals surface area contributed by atoms with Gasteiger partial charge in [0.2, 0.25) is 0 Å². The topological polar surface area (TPSA) is 161 Å². The summed E-state index contributed by atoms with van der Waals surface area (Å²) in [7, 11) is 0. The molecule has 7 N–H and O–H groups in total. The number of nitrogens with two attached hydrogens (primary N) is 1. The van der Waals surface area contributed by atoms with Crippen molar-refractivity contribution in [2.24, 2.45) is 0 Å². The molecule has 0 radical (unpaired) electrons. The number of anilines is 3. The van der Waals surface area contributed by atoms with Crippen LogP contribution in [0.25, 0.3) is 16.6 Å². The van der Waals surface area contributed by atoms with Crippen LogP contribution < -0.4 is 16.4 Å². The zero-order chi connectivity index (χ0) is 29.7. The molecule has 0 bridgehead atoms. The number of aromatic nitrogens is 3. The first-order chi connectivity index (χ1) is 19.6. The van der Waals surface area contributed by atoms with Gasteiger partial charge < -0.3 is 31.7 Å². The van der Waals surface area contributed by atoms with E-state index in [1.54, 1.807) is 21.4 Å². The molecule has 0 spiro atoms. The summed E-state index contributed by atoms with van der Waals surface area (Å²) in [5, 5.41) is 41.5. The molecule has 4 aromatic rings. The summed E-state index contributed by atoms with van der Waals surface area (Å²) in [4.78, 5) is 14.2. The van der Waals surface area contributed by atoms with Crippen molar-refractivity contribution in [1.29, 1.82) is 0 Å². The number of carbonyl (C=O) groups excluding carboxylic acids is 1. The van der Waals surface area contributed by atoms with E-state index < -0.39 is 29.3 Å². The largest absolute Gasteiger partial charge is 0.416 e. The first kappa shape index (κ1) is 29.7. The van der Waals surface area contributed by atoms with E-state index in [1.807, 2.05) is 0 Å². The first-order valence-electron chi connectivity index (χ1n) is 12.3. The van der Waals surface area contributed by atoms with Crippen molar-refractivity contribution in [3.05, 3.63) is 71.4 Å². The number of fused-ring (bicyclic) bond motifs is 1. The van der Waals surface area contributed by atoms with Crippen LogP contribution in [-0.4, -0.2) is 67.2 Å². The summed E-state index contributed by atoms with van der Waals surface area (Å²) < 4.78 is 54.6. The summed E-state index contributed by atoms with van der Waals surface area (Å²) in [5.41, 5.74) is 7.38. The first-order valence-corrected chi connectivity index (χ1v) is 12.3. The number of halogens is 4. The van der Waals surface area contributed by atoms with E-state index in [-0.39, 0.29) is 51.0 Å². The van der Waals surface area contributed by atoms with Gasteiger partial charge in [-0.1, -0.05) is 12.1 Å². The average Bonchev–Trinajstić information content (AvgIpc) is 3.24. The van der Waals surface area contributed by atoms with Gasteiger partial charge in [-0.15, -0.1) is 10.2 Å². The third kappa shape index (κ3) is 6.54. The van der Waals surface area contributed by atoms with E-state index in [0.29, 0.717) is 46.1 Å². The smallest absolute Gasteiger partial charge is 0.395 e. The molecule has 0 atom stereocenters. The quantitative estimate of drug-likeness (QED) is 0.157. The lowest BCUT2D eigenvalue weighted by Gasteiger charge is -2.20. The van der Waals surface area contributed by atoms with Crippen LogP contribution in [0.1, 0.15) is 16.8 Å². The second-order valence-electron chi connectivity index (χ2n) is 8.97. The molecule has 0 saturated carbocycles. The second kappa shape index (κ2) is 12.5. The zero-order valence-electron chi connectivity index (χ0n) is 21.5. The maximum Gasteiger partial charge on any atom is 0.416 e. The number of nitrogen functional groups attached to an aromatic ring is 1. The number of benzene rings is 2. The van der Waals surface area contributed by atoms with Gasteiger partial charge in [-0.3, -0.25) is 9.30 Å².